The number of carbonyl (C=O) groups excluding carboxylic acids is 1. The number of likely N-dealkylation sites (N-methyl/N-ethyl adjacent to an activating group) is 1. The van der Waals surface area contributed by atoms with Crippen LogP contribution in [0, 0.1) is 5.92 Å². The number of ether oxygens (including phenoxy) is 2. The molecule has 33 heavy (non-hydrogen) atoms. The maximum atomic E-state index is 13.5. The van der Waals surface area contributed by atoms with Gasteiger partial charge in [0.05, 0.1) is 13.2 Å². The van der Waals surface area contributed by atoms with Gasteiger partial charge in [-0.3, -0.25) is 4.79 Å². The van der Waals surface area contributed by atoms with Crippen LogP contribution in [0.1, 0.15) is 13.8 Å². The molecule has 1 aliphatic heterocycles. The van der Waals surface area contributed by atoms with Crippen LogP contribution in [0.25, 0.3) is 11.1 Å². The van der Waals surface area contributed by atoms with Crippen molar-refractivity contribution in [3.05, 3.63) is 48.5 Å². The van der Waals surface area contributed by atoms with Crippen LogP contribution >= 0.6 is 0 Å². The van der Waals surface area contributed by atoms with Crippen LogP contribution in [0.15, 0.2) is 53.4 Å². The maximum absolute atomic E-state index is 13.5. The van der Waals surface area contributed by atoms with E-state index >= 15 is 0 Å². The summed E-state index contributed by atoms with van der Waals surface area (Å²) in [5, 5.41) is 9.75. The number of aliphatic hydroxyl groups excluding tert-OH is 1. The van der Waals surface area contributed by atoms with E-state index in [-0.39, 0.29) is 48.8 Å². The molecule has 0 aliphatic carbocycles. The van der Waals surface area contributed by atoms with Crippen molar-refractivity contribution in [2.24, 2.45) is 5.92 Å². The van der Waals surface area contributed by atoms with E-state index in [1.54, 1.807) is 32.2 Å². The van der Waals surface area contributed by atoms with Crippen molar-refractivity contribution in [2.45, 2.75) is 30.9 Å². The van der Waals surface area contributed by atoms with Gasteiger partial charge >= 0.3 is 0 Å². The monoisotopic (exact) mass is 476 g/mol. The van der Waals surface area contributed by atoms with E-state index in [2.05, 4.69) is 0 Å². The molecule has 1 N–H and O–H groups in total. The van der Waals surface area contributed by atoms with Crippen LogP contribution < -0.4 is 4.74 Å². The van der Waals surface area contributed by atoms with E-state index in [1.807, 2.05) is 37.3 Å². The van der Waals surface area contributed by atoms with Gasteiger partial charge in [0.15, 0.2) is 0 Å². The predicted octanol–water partition coefficient (Wildman–Crippen LogP) is 2.23. The van der Waals surface area contributed by atoms with Crippen LogP contribution in [0.4, 0.5) is 0 Å². The molecule has 0 aromatic heterocycles. The SMILES string of the molecule is COCC(=O)N(C)C[C@H]1Oc2cc(-c3ccccc3)ccc2S(=O)(=O)N([C@H](C)CO)C[C@H]1C. The Bertz CT molecular complexity index is 1060. The Kier molecular flexibility index (Phi) is 8.12. The molecule has 3 atom stereocenters. The Balaban J connectivity index is 2.08. The number of hydrogen-bond acceptors (Lipinski definition) is 6. The minimum absolute atomic E-state index is 0.0465. The smallest absolute Gasteiger partial charge is 0.248 e. The van der Waals surface area contributed by atoms with E-state index in [0.29, 0.717) is 0 Å². The summed E-state index contributed by atoms with van der Waals surface area (Å²) in [5.74, 6) is -0.211. The average molecular weight is 477 g/mol. The van der Waals surface area contributed by atoms with E-state index in [1.165, 1.54) is 16.3 Å². The number of amides is 1. The zero-order valence-electron chi connectivity index (χ0n) is 19.5. The van der Waals surface area contributed by atoms with Gasteiger partial charge in [0.1, 0.15) is 23.4 Å². The summed E-state index contributed by atoms with van der Waals surface area (Å²) < 4.78 is 39.7. The number of fused-ring (bicyclic) bond motifs is 1. The molecule has 0 unspecified atom stereocenters. The molecule has 0 spiro atoms. The summed E-state index contributed by atoms with van der Waals surface area (Å²) in [6.07, 6.45) is -0.468. The lowest BCUT2D eigenvalue weighted by Crippen LogP contribution is -2.50. The Hall–Kier alpha value is -2.46. The van der Waals surface area contributed by atoms with Gasteiger partial charge in [-0.2, -0.15) is 4.31 Å². The van der Waals surface area contributed by atoms with Gasteiger partial charge in [0, 0.05) is 32.7 Å². The van der Waals surface area contributed by atoms with E-state index in [0.717, 1.165) is 11.1 Å². The first-order chi connectivity index (χ1) is 15.7. The normalized spacial score (nSPS) is 21.2. The molecular weight excluding hydrogens is 444 g/mol. The summed E-state index contributed by atoms with van der Waals surface area (Å²) in [6.45, 7) is 3.63. The van der Waals surface area contributed by atoms with Gasteiger partial charge in [0.2, 0.25) is 15.9 Å². The molecule has 2 aromatic rings. The number of hydrogen-bond donors (Lipinski definition) is 1. The lowest BCUT2D eigenvalue weighted by Gasteiger charge is -2.37. The molecule has 9 heteroatoms. The van der Waals surface area contributed by atoms with E-state index in [9.17, 15) is 18.3 Å². The molecule has 8 nitrogen and oxygen atoms in total. The second kappa shape index (κ2) is 10.6. The van der Waals surface area contributed by atoms with Crippen molar-refractivity contribution < 1.29 is 27.8 Å². The van der Waals surface area contributed by atoms with Crippen LogP contribution in [-0.4, -0.2) is 81.2 Å². The molecule has 0 saturated carbocycles. The minimum Gasteiger partial charge on any atom is -0.487 e. The van der Waals surface area contributed by atoms with Crippen LogP contribution in [-0.2, 0) is 19.6 Å². The van der Waals surface area contributed by atoms with Gasteiger partial charge in [-0.1, -0.05) is 43.3 Å². The number of sulfonamides is 1. The Morgan fingerprint density at radius 1 is 1.24 bits per heavy atom. The predicted molar refractivity (Wildman–Crippen MR) is 125 cm³/mol. The average Bonchev–Trinajstić information content (AvgIpc) is 2.81. The van der Waals surface area contributed by atoms with Crippen molar-refractivity contribution >= 4 is 15.9 Å². The van der Waals surface area contributed by atoms with Crippen LogP contribution in [0.2, 0.25) is 0 Å². The molecule has 1 amide bonds. The molecule has 0 saturated heterocycles. The van der Waals surface area contributed by atoms with Crippen LogP contribution in [0.3, 0.4) is 0 Å². The Morgan fingerprint density at radius 2 is 1.94 bits per heavy atom. The number of carbonyl (C=O) groups is 1. The fourth-order valence-corrected chi connectivity index (χ4v) is 5.68. The fourth-order valence-electron chi connectivity index (χ4n) is 3.86. The van der Waals surface area contributed by atoms with Crippen molar-refractivity contribution in [1.29, 1.82) is 0 Å². The zero-order valence-corrected chi connectivity index (χ0v) is 20.3. The molecule has 0 radical (unpaired) electrons. The first-order valence-corrected chi connectivity index (χ1v) is 12.3. The summed E-state index contributed by atoms with van der Waals surface area (Å²) in [5.41, 5.74) is 1.75. The van der Waals surface area contributed by atoms with Gasteiger partial charge < -0.3 is 19.5 Å². The van der Waals surface area contributed by atoms with Crippen molar-refractivity contribution in [2.75, 3.05) is 40.5 Å². The standard InChI is InChI=1S/C24H32N2O6S/c1-17-13-26(18(2)15-27)33(29,30)23-11-10-20(19-8-6-5-7-9-19)12-21(23)32-22(17)14-25(3)24(28)16-31-4/h5-12,17-18,22,27H,13-16H2,1-4H3/t17-,18-,22-/m1/s1. The molecule has 2 aromatic carbocycles. The lowest BCUT2D eigenvalue weighted by molar-refractivity contribution is -0.135. The quantitative estimate of drug-likeness (QED) is 0.658. The Morgan fingerprint density at radius 3 is 2.58 bits per heavy atom. The van der Waals surface area contributed by atoms with Crippen LogP contribution in [0.5, 0.6) is 5.75 Å². The summed E-state index contributed by atoms with van der Waals surface area (Å²) in [7, 11) is -0.787. The molecular formula is C24H32N2O6S. The topological polar surface area (TPSA) is 96.4 Å². The second-order valence-electron chi connectivity index (χ2n) is 8.47. The van der Waals surface area contributed by atoms with Gasteiger partial charge in [-0.05, 0) is 30.2 Å². The molecule has 3 rings (SSSR count). The largest absolute Gasteiger partial charge is 0.487 e. The van der Waals surface area contributed by atoms with E-state index < -0.39 is 22.2 Å². The maximum Gasteiger partial charge on any atom is 0.248 e. The number of nitrogens with zero attached hydrogens (tertiary/aromatic N) is 2. The van der Waals surface area contributed by atoms with Gasteiger partial charge in [0.25, 0.3) is 0 Å². The molecule has 0 fully saturated rings. The molecule has 1 aliphatic rings. The Labute approximate surface area is 195 Å². The van der Waals surface area contributed by atoms with Crippen molar-refractivity contribution in [1.82, 2.24) is 9.21 Å². The highest BCUT2D eigenvalue weighted by atomic mass is 32.2. The van der Waals surface area contributed by atoms with E-state index in [4.69, 9.17) is 9.47 Å². The van der Waals surface area contributed by atoms with Crippen molar-refractivity contribution in [3.8, 4) is 16.9 Å². The molecule has 180 valence electrons. The first-order valence-electron chi connectivity index (χ1n) is 10.9. The first kappa shape index (κ1) is 25.2. The van der Waals surface area contributed by atoms with Gasteiger partial charge in [-0.25, -0.2) is 8.42 Å². The summed E-state index contributed by atoms with van der Waals surface area (Å²) in [4.78, 5) is 13.9. The lowest BCUT2D eigenvalue weighted by atomic mass is 10.0. The summed E-state index contributed by atoms with van der Waals surface area (Å²) in [6, 6.07) is 14.1. The molecule has 0 bridgehead atoms. The minimum atomic E-state index is -3.91. The highest BCUT2D eigenvalue weighted by Gasteiger charge is 2.38. The second-order valence-corrected chi connectivity index (χ2v) is 10.3. The summed E-state index contributed by atoms with van der Waals surface area (Å²) >= 11 is 0. The number of aliphatic hydroxyl groups is 1. The highest BCUT2D eigenvalue weighted by Crippen LogP contribution is 2.36. The third-order valence-corrected chi connectivity index (χ3v) is 7.94. The number of benzene rings is 2. The van der Waals surface area contributed by atoms with Crippen molar-refractivity contribution in [3.63, 3.8) is 0 Å². The fraction of sp³-hybridized carbons (Fsp3) is 0.458. The number of rotatable bonds is 7. The number of methoxy groups -OCH3 is 1. The third kappa shape index (κ3) is 5.55. The third-order valence-electron chi connectivity index (χ3n) is 5.92. The highest BCUT2D eigenvalue weighted by molar-refractivity contribution is 7.89. The zero-order chi connectivity index (χ0) is 24.2. The molecule has 1 heterocycles. The van der Waals surface area contributed by atoms with Gasteiger partial charge in [-0.15, -0.1) is 0 Å².